The first-order chi connectivity index (χ1) is 8.49. The van der Waals surface area contributed by atoms with Crippen molar-refractivity contribution in [2.75, 3.05) is 0 Å². The van der Waals surface area contributed by atoms with E-state index in [1.807, 2.05) is 0 Å². The Morgan fingerprint density at radius 3 is 2.50 bits per heavy atom. The summed E-state index contributed by atoms with van der Waals surface area (Å²) in [6.45, 7) is 6.35. The van der Waals surface area contributed by atoms with Gasteiger partial charge in [-0.15, -0.1) is 11.3 Å². The zero-order valence-electron chi connectivity index (χ0n) is 11.1. The number of aromatic nitrogens is 1. The van der Waals surface area contributed by atoms with E-state index in [-0.39, 0.29) is 5.54 Å². The second-order valence-corrected chi connectivity index (χ2v) is 6.39. The molecular weight excluding hydrogens is 240 g/mol. The number of rotatable bonds is 2. The third-order valence-corrected chi connectivity index (χ3v) is 5.22. The predicted molar refractivity (Wildman–Crippen MR) is 76.9 cm³/mol. The summed E-state index contributed by atoms with van der Waals surface area (Å²) in [4.78, 5) is 5.97. The molecule has 1 heterocycles. The molecule has 94 valence electrons. The monoisotopic (exact) mass is 258 g/mol. The summed E-state index contributed by atoms with van der Waals surface area (Å²) >= 11 is 1.76. The Balaban J connectivity index is 2.04. The quantitative estimate of drug-likeness (QED) is 0.892. The first-order valence-electron chi connectivity index (χ1n) is 6.34. The van der Waals surface area contributed by atoms with Crippen LogP contribution < -0.4 is 5.73 Å². The standard InChI is InChI=1S/C15H18N2S/c1-9-4-5-12(8-10(9)2)14-17-11(3)13(18-14)15(16)6-7-15/h4-5,8H,6-7,16H2,1-3H3. The lowest BCUT2D eigenvalue weighted by Gasteiger charge is -2.04. The summed E-state index contributed by atoms with van der Waals surface area (Å²) < 4.78 is 0. The maximum atomic E-state index is 6.28. The van der Waals surface area contributed by atoms with E-state index in [1.165, 1.54) is 21.6 Å². The minimum atomic E-state index is -0.0697. The van der Waals surface area contributed by atoms with E-state index < -0.39 is 0 Å². The van der Waals surface area contributed by atoms with Gasteiger partial charge in [-0.1, -0.05) is 12.1 Å². The van der Waals surface area contributed by atoms with E-state index in [2.05, 4.69) is 39.0 Å². The van der Waals surface area contributed by atoms with Gasteiger partial charge in [0.05, 0.1) is 11.2 Å². The van der Waals surface area contributed by atoms with Gasteiger partial charge in [0.25, 0.3) is 0 Å². The lowest BCUT2D eigenvalue weighted by molar-refractivity contribution is 0.748. The zero-order chi connectivity index (χ0) is 12.9. The second kappa shape index (κ2) is 3.90. The summed E-state index contributed by atoms with van der Waals surface area (Å²) in [6.07, 6.45) is 2.20. The lowest BCUT2D eigenvalue weighted by atomic mass is 10.1. The van der Waals surface area contributed by atoms with Gasteiger partial charge in [0.15, 0.2) is 0 Å². The molecule has 1 fully saturated rings. The Morgan fingerprint density at radius 1 is 1.17 bits per heavy atom. The van der Waals surface area contributed by atoms with E-state index in [0.717, 1.165) is 23.5 Å². The van der Waals surface area contributed by atoms with Crippen molar-refractivity contribution in [1.29, 1.82) is 0 Å². The molecule has 3 heteroatoms. The Morgan fingerprint density at radius 2 is 1.89 bits per heavy atom. The van der Waals surface area contributed by atoms with Gasteiger partial charge < -0.3 is 5.73 Å². The molecule has 2 N–H and O–H groups in total. The smallest absolute Gasteiger partial charge is 0.123 e. The minimum Gasteiger partial charge on any atom is -0.321 e. The summed E-state index contributed by atoms with van der Waals surface area (Å²) in [6, 6.07) is 6.53. The van der Waals surface area contributed by atoms with E-state index in [9.17, 15) is 0 Å². The third-order valence-electron chi connectivity index (χ3n) is 3.79. The van der Waals surface area contributed by atoms with E-state index in [1.54, 1.807) is 11.3 Å². The molecule has 0 amide bonds. The number of aryl methyl sites for hydroxylation is 3. The van der Waals surface area contributed by atoms with E-state index in [4.69, 9.17) is 10.7 Å². The molecule has 18 heavy (non-hydrogen) atoms. The normalized spacial score (nSPS) is 16.9. The molecule has 1 saturated carbocycles. The highest BCUT2D eigenvalue weighted by Crippen LogP contribution is 2.47. The van der Waals surface area contributed by atoms with Crippen LogP contribution in [0.1, 0.15) is 34.5 Å². The van der Waals surface area contributed by atoms with Crippen LogP contribution in [0, 0.1) is 20.8 Å². The molecule has 0 unspecified atom stereocenters. The van der Waals surface area contributed by atoms with Crippen LogP contribution in [0.5, 0.6) is 0 Å². The van der Waals surface area contributed by atoms with Crippen LogP contribution in [-0.2, 0) is 5.54 Å². The van der Waals surface area contributed by atoms with Crippen molar-refractivity contribution in [2.45, 2.75) is 39.2 Å². The van der Waals surface area contributed by atoms with Crippen LogP contribution in [0.2, 0.25) is 0 Å². The summed E-state index contributed by atoms with van der Waals surface area (Å²) in [5, 5.41) is 1.10. The van der Waals surface area contributed by atoms with Gasteiger partial charge in [-0.05, 0) is 50.8 Å². The van der Waals surface area contributed by atoms with Crippen LogP contribution >= 0.6 is 11.3 Å². The van der Waals surface area contributed by atoms with Gasteiger partial charge in [0.2, 0.25) is 0 Å². The molecule has 0 atom stereocenters. The number of hydrogen-bond acceptors (Lipinski definition) is 3. The number of nitrogens with two attached hydrogens (primary N) is 1. The summed E-state index contributed by atoms with van der Waals surface area (Å²) in [5.74, 6) is 0. The molecule has 0 spiro atoms. The van der Waals surface area contributed by atoms with Crippen LogP contribution in [0.25, 0.3) is 10.6 Å². The molecule has 3 rings (SSSR count). The predicted octanol–water partition coefficient (Wildman–Crippen LogP) is 3.68. The highest BCUT2D eigenvalue weighted by atomic mass is 32.1. The molecule has 2 nitrogen and oxygen atoms in total. The Kier molecular flexibility index (Phi) is 2.57. The van der Waals surface area contributed by atoms with Crippen molar-refractivity contribution in [2.24, 2.45) is 5.73 Å². The van der Waals surface area contributed by atoms with Crippen molar-refractivity contribution in [3.8, 4) is 10.6 Å². The van der Waals surface area contributed by atoms with Crippen molar-refractivity contribution in [3.63, 3.8) is 0 Å². The molecule has 1 aliphatic carbocycles. The number of benzene rings is 1. The molecule has 0 aliphatic heterocycles. The molecular formula is C15H18N2S. The molecule has 0 saturated heterocycles. The van der Waals surface area contributed by atoms with Crippen LogP contribution in [-0.4, -0.2) is 4.98 Å². The highest BCUT2D eigenvalue weighted by molar-refractivity contribution is 7.15. The fourth-order valence-electron chi connectivity index (χ4n) is 2.22. The van der Waals surface area contributed by atoms with Gasteiger partial charge in [0, 0.05) is 10.4 Å². The number of nitrogens with zero attached hydrogens (tertiary/aromatic N) is 1. The van der Waals surface area contributed by atoms with E-state index in [0.29, 0.717) is 0 Å². The van der Waals surface area contributed by atoms with Crippen LogP contribution in [0.3, 0.4) is 0 Å². The number of thiazole rings is 1. The zero-order valence-corrected chi connectivity index (χ0v) is 11.9. The third kappa shape index (κ3) is 1.88. The number of hydrogen-bond donors (Lipinski definition) is 1. The highest BCUT2D eigenvalue weighted by Gasteiger charge is 2.43. The van der Waals surface area contributed by atoms with Gasteiger partial charge in [-0.25, -0.2) is 4.98 Å². The average Bonchev–Trinajstić information content (AvgIpc) is 2.94. The Labute approximate surface area is 112 Å². The van der Waals surface area contributed by atoms with Crippen LogP contribution in [0.4, 0.5) is 0 Å². The SMILES string of the molecule is Cc1ccc(-c2nc(C)c(C3(N)CC3)s2)cc1C. The fraction of sp³-hybridized carbons (Fsp3) is 0.400. The van der Waals surface area contributed by atoms with Crippen molar-refractivity contribution >= 4 is 11.3 Å². The topological polar surface area (TPSA) is 38.9 Å². The van der Waals surface area contributed by atoms with Gasteiger partial charge in [0.1, 0.15) is 5.01 Å². The lowest BCUT2D eigenvalue weighted by Crippen LogP contribution is -2.18. The van der Waals surface area contributed by atoms with Crippen molar-refractivity contribution in [3.05, 3.63) is 39.9 Å². The summed E-state index contributed by atoms with van der Waals surface area (Å²) in [5.41, 5.74) is 11.2. The Hall–Kier alpha value is -1.19. The molecule has 1 aromatic carbocycles. The maximum absolute atomic E-state index is 6.28. The minimum absolute atomic E-state index is 0.0697. The molecule has 0 bridgehead atoms. The van der Waals surface area contributed by atoms with Crippen LogP contribution in [0.15, 0.2) is 18.2 Å². The molecule has 1 aliphatic rings. The largest absolute Gasteiger partial charge is 0.321 e. The van der Waals surface area contributed by atoms with E-state index >= 15 is 0 Å². The first-order valence-corrected chi connectivity index (χ1v) is 7.16. The van der Waals surface area contributed by atoms with Gasteiger partial charge in [-0.3, -0.25) is 0 Å². The molecule has 1 aromatic heterocycles. The Bertz CT molecular complexity index is 609. The van der Waals surface area contributed by atoms with Gasteiger partial charge >= 0.3 is 0 Å². The fourth-order valence-corrected chi connectivity index (χ4v) is 3.44. The maximum Gasteiger partial charge on any atom is 0.123 e. The van der Waals surface area contributed by atoms with Crippen molar-refractivity contribution < 1.29 is 0 Å². The average molecular weight is 258 g/mol. The van der Waals surface area contributed by atoms with Gasteiger partial charge in [-0.2, -0.15) is 0 Å². The first kappa shape index (κ1) is 11.9. The second-order valence-electron chi connectivity index (χ2n) is 5.39. The van der Waals surface area contributed by atoms with Crippen molar-refractivity contribution in [1.82, 2.24) is 4.98 Å². The summed E-state index contributed by atoms with van der Waals surface area (Å²) in [7, 11) is 0. The molecule has 0 radical (unpaired) electrons. The molecule has 2 aromatic rings.